The summed E-state index contributed by atoms with van der Waals surface area (Å²) in [5, 5.41) is 44.5. The highest BCUT2D eigenvalue weighted by atomic mass is 32.2. The number of urea groups is 1. The van der Waals surface area contributed by atoms with Crippen LogP contribution in [0.2, 0.25) is 0 Å². The first-order valence-electron chi connectivity index (χ1n) is 34.4. The van der Waals surface area contributed by atoms with E-state index in [0.717, 1.165) is 82.8 Å². The second kappa shape index (κ2) is 50.4. The monoisotopic (exact) mass is 1450 g/mol. The van der Waals surface area contributed by atoms with E-state index < -0.39 is 113 Å². The number of carbonyl (C=O) groups is 5. The molecule has 0 bridgehead atoms. The van der Waals surface area contributed by atoms with Gasteiger partial charge in [-0.2, -0.15) is 11.8 Å². The van der Waals surface area contributed by atoms with E-state index in [1.165, 1.54) is 83.5 Å². The van der Waals surface area contributed by atoms with Crippen LogP contribution in [-0.4, -0.2) is 174 Å². The van der Waals surface area contributed by atoms with Gasteiger partial charge in [0.2, 0.25) is 11.8 Å². The fourth-order valence-electron chi connectivity index (χ4n) is 11.3. The van der Waals surface area contributed by atoms with Gasteiger partial charge in [-0.3, -0.25) is 32.7 Å². The van der Waals surface area contributed by atoms with Crippen molar-refractivity contribution >= 4 is 74.0 Å². The molecule has 2 aliphatic heterocycles. The number of aliphatic hydroxyl groups excluding tert-OH is 3. The molecule has 4 amide bonds. The smallest absolute Gasteiger partial charge is 0.456 e. The first-order valence-corrected chi connectivity index (χ1v) is 40.8. The highest BCUT2D eigenvalue weighted by Gasteiger charge is 2.55. The number of unbranched alkanes of at least 4 members (excludes halogenated alkanes) is 27. The number of phosphoric acid groups is 3. The molecule has 0 radical (unpaired) electrons. The molecule has 0 spiro atoms. The maximum absolute atomic E-state index is 13.6. The summed E-state index contributed by atoms with van der Waals surface area (Å²) in [6.45, 7) is 2.62. The van der Waals surface area contributed by atoms with Crippen LogP contribution in [0.1, 0.15) is 245 Å². The zero-order chi connectivity index (χ0) is 69.0. The summed E-state index contributed by atoms with van der Waals surface area (Å²) >= 11 is 1.84. The highest BCUT2D eigenvalue weighted by molar-refractivity contribution is 8.00. The lowest BCUT2D eigenvalue weighted by molar-refractivity contribution is -0.224. The van der Waals surface area contributed by atoms with Crippen molar-refractivity contribution in [2.75, 3.05) is 38.7 Å². The Bertz CT molecular complexity index is 2250. The minimum atomic E-state index is -5.58. The van der Waals surface area contributed by atoms with Crippen molar-refractivity contribution in [3.8, 4) is 0 Å². The van der Waals surface area contributed by atoms with Crippen molar-refractivity contribution in [3.05, 3.63) is 0 Å². The van der Waals surface area contributed by atoms with Crippen molar-refractivity contribution in [3.63, 3.8) is 0 Å². The summed E-state index contributed by atoms with van der Waals surface area (Å²) in [7, 11) is -17.6. The fourth-order valence-corrected chi connectivity index (χ4v) is 15.3. The lowest BCUT2D eigenvalue weighted by Crippen LogP contribution is -2.64. The van der Waals surface area contributed by atoms with Crippen molar-refractivity contribution in [1.29, 1.82) is 0 Å². The number of rotatable bonds is 59. The fraction of sp³-hybridized carbons (Fsp3) is 0.917. The van der Waals surface area contributed by atoms with E-state index in [4.69, 9.17) is 32.6 Å². The summed E-state index contributed by atoms with van der Waals surface area (Å²) in [6, 6.07) is 0.174. The Morgan fingerprint density at radius 1 is 0.543 bits per heavy atom. The Morgan fingerprint density at radius 3 is 1.47 bits per heavy atom. The van der Waals surface area contributed by atoms with Gasteiger partial charge in [-0.15, -0.1) is 4.67 Å². The minimum absolute atomic E-state index is 0.0423. The first-order chi connectivity index (χ1) is 44.9. The summed E-state index contributed by atoms with van der Waals surface area (Å²) < 4.78 is 78.4. The SMILES string of the molecule is CCCCCCCCCCCCCCCC(=O)O[C@H](COPO[C@@H]1[C@H](O)[C@H](O)[C@@H](OP(=O)(O)O)[C@H](OP(=O)(O)O)[C@H]1O)[C@@H](COP(=O)(O)OOCCNC(=O)CCCCCNC(=O)CCCC[C@H]1SC[C@H]2NC(=O)N[C@H]21)OC(=O)CCCCCCCCCCCCCCC. The Hall–Kier alpha value is -1.98. The van der Waals surface area contributed by atoms with Gasteiger partial charge in [0.25, 0.3) is 0 Å². The topological polar surface area (TPSA) is 430 Å². The van der Waals surface area contributed by atoms with Crippen LogP contribution in [-0.2, 0) is 74.5 Å². The molecule has 550 valence electrons. The summed E-state index contributed by atoms with van der Waals surface area (Å²) in [5.41, 5.74) is 0. The second-order valence-corrected chi connectivity index (χ2v) is 30.3. The van der Waals surface area contributed by atoms with Gasteiger partial charge < -0.3 is 79.6 Å². The number of carbonyl (C=O) groups excluding carboxylic acids is 5. The second-order valence-electron chi connectivity index (χ2n) is 24.7. The molecule has 34 heteroatoms. The Balaban J connectivity index is 1.59. The molecule has 94 heavy (non-hydrogen) atoms. The number of nitrogens with one attached hydrogen (secondary N) is 4. The van der Waals surface area contributed by atoms with Crippen molar-refractivity contribution in [2.24, 2.45) is 0 Å². The lowest BCUT2D eigenvalue weighted by Gasteiger charge is -2.44. The zero-order valence-electron chi connectivity index (χ0n) is 55.3. The molecule has 2 saturated heterocycles. The van der Waals surface area contributed by atoms with E-state index >= 15 is 0 Å². The van der Waals surface area contributed by atoms with Crippen molar-refractivity contribution < 1.29 is 119 Å². The van der Waals surface area contributed by atoms with Gasteiger partial charge in [0.05, 0.1) is 25.3 Å². The van der Waals surface area contributed by atoms with Crippen LogP contribution in [0.25, 0.3) is 0 Å². The van der Waals surface area contributed by atoms with Gasteiger partial charge in [0.15, 0.2) is 21.2 Å². The zero-order valence-corrected chi connectivity index (χ0v) is 59.8. The van der Waals surface area contributed by atoms with E-state index in [-0.39, 0.29) is 55.7 Å². The van der Waals surface area contributed by atoms with Crippen LogP contribution >= 0.6 is 44.3 Å². The van der Waals surface area contributed by atoms with Crippen molar-refractivity contribution in [2.45, 2.75) is 311 Å². The number of fused-ring (bicyclic) bond motifs is 1. The molecule has 0 aromatic rings. The predicted octanol–water partition coefficient (Wildman–Crippen LogP) is 9.32. The number of aliphatic hydroxyl groups is 3. The number of amides is 4. The molecule has 1 aliphatic carbocycles. The molecule has 3 aliphatic rings. The standard InChI is InChI=1S/C60H114N4O25P4S/c1-3-5-7-9-11-13-15-17-19-21-23-25-29-37-51(67)84-46(42-82-90-86-57-54(69)55(70)58(87-91(73,74)75)59(56(57)71)88-92(76,77)78)47(85-52(68)38-30-26-24-22-20-18-16-14-12-10-8-6-4-2)43-83-93(79,80)89-81-41-40-62-50(66)35-28-27-33-39-61-49(65)36-32-31-34-48-53-45(44-94-48)63-60(72)64-53/h45-48,53-59,69-71,90H,3-44H2,1-2H3,(H,61,65)(H,62,66)(H,79,80)(H2,63,64,72)(H2,73,74,75)(H2,76,77,78)/t45-,46-,47-,48-,53-,54-,55+,56+,57-,58-,59-/m1/s1. The van der Waals surface area contributed by atoms with Crippen LogP contribution in [0.5, 0.6) is 0 Å². The molecule has 3 fully saturated rings. The molecular weight excluding hydrogens is 1330 g/mol. The Labute approximate surface area is 561 Å². The average molecular weight is 1450 g/mol. The van der Waals surface area contributed by atoms with E-state index in [1.807, 2.05) is 11.8 Å². The molecule has 3 rings (SSSR count). The summed E-state index contributed by atoms with van der Waals surface area (Å²) in [5.74, 6) is -1.05. The third-order valence-electron chi connectivity index (χ3n) is 16.5. The molecule has 12 N–H and O–H groups in total. The summed E-state index contributed by atoms with van der Waals surface area (Å²) in [6.07, 6.45) is 15.0. The van der Waals surface area contributed by atoms with E-state index in [0.29, 0.717) is 63.2 Å². The van der Waals surface area contributed by atoms with Crippen LogP contribution in [0.15, 0.2) is 0 Å². The van der Waals surface area contributed by atoms with E-state index in [9.17, 15) is 77.5 Å². The molecule has 1 saturated carbocycles. The maximum atomic E-state index is 13.6. The molecule has 13 atom stereocenters. The first kappa shape index (κ1) is 86.2. The highest BCUT2D eigenvalue weighted by Crippen LogP contribution is 2.48. The average Bonchev–Trinajstić information content (AvgIpc) is 0.888. The van der Waals surface area contributed by atoms with Crippen LogP contribution in [0.3, 0.4) is 0 Å². The third kappa shape index (κ3) is 40.3. The van der Waals surface area contributed by atoms with Crippen molar-refractivity contribution in [1.82, 2.24) is 21.3 Å². The lowest BCUT2D eigenvalue weighted by atomic mass is 9.85. The van der Waals surface area contributed by atoms with E-state index in [2.05, 4.69) is 44.2 Å². The summed E-state index contributed by atoms with van der Waals surface area (Å²) in [4.78, 5) is 117. The van der Waals surface area contributed by atoms with E-state index in [1.54, 1.807) is 0 Å². The van der Waals surface area contributed by atoms with Gasteiger partial charge in [0.1, 0.15) is 43.2 Å². The van der Waals surface area contributed by atoms with Crippen LogP contribution < -0.4 is 21.3 Å². The van der Waals surface area contributed by atoms with Gasteiger partial charge in [-0.1, -0.05) is 181 Å². The van der Waals surface area contributed by atoms with Crippen LogP contribution in [0.4, 0.5) is 4.79 Å². The molecular formula is C60H114N4O25P4S. The number of esters is 2. The van der Waals surface area contributed by atoms with Gasteiger partial charge >= 0.3 is 41.4 Å². The Kier molecular flexibility index (Phi) is 46.2. The number of hydrogen-bond acceptors (Lipinski definition) is 21. The number of thioether (sulfide) groups is 1. The maximum Gasteiger partial charge on any atom is 0.499 e. The predicted molar refractivity (Wildman–Crippen MR) is 353 cm³/mol. The molecule has 2 heterocycles. The normalized spacial score (nSPS) is 22.7. The number of phosphoric ester groups is 3. The largest absolute Gasteiger partial charge is 0.499 e. The number of ether oxygens (including phenoxy) is 2. The number of hydrogen-bond donors (Lipinski definition) is 12. The Morgan fingerprint density at radius 2 is 0.968 bits per heavy atom. The van der Waals surface area contributed by atoms with Gasteiger partial charge in [-0.05, 0) is 38.5 Å². The van der Waals surface area contributed by atoms with Gasteiger partial charge in [-0.25, -0.2) is 23.4 Å². The van der Waals surface area contributed by atoms with Gasteiger partial charge in [0, 0.05) is 49.8 Å². The molecule has 2 unspecified atom stereocenters. The third-order valence-corrected chi connectivity index (χ3v) is 20.5. The molecule has 0 aromatic heterocycles. The minimum Gasteiger partial charge on any atom is -0.456 e. The van der Waals surface area contributed by atoms with Crippen LogP contribution in [0, 0.1) is 0 Å². The molecule has 0 aromatic carbocycles. The quantitative estimate of drug-likeness (QED) is 0.00673. The molecule has 29 nitrogen and oxygen atoms in total.